The summed E-state index contributed by atoms with van der Waals surface area (Å²) in [5.41, 5.74) is -0.167. The van der Waals surface area contributed by atoms with Crippen molar-refractivity contribution in [2.75, 3.05) is 4.90 Å². The minimum atomic E-state index is -0.750. The number of amides is 2. The van der Waals surface area contributed by atoms with Gasteiger partial charge in [0.2, 0.25) is 5.91 Å². The van der Waals surface area contributed by atoms with Crippen LogP contribution in [0.4, 0.5) is 16.2 Å². The maximum absolute atomic E-state index is 12.2. The van der Waals surface area contributed by atoms with Gasteiger partial charge in [0.05, 0.1) is 17.0 Å². The molecule has 0 radical (unpaired) electrons. The molecule has 1 atom stereocenters. The first-order chi connectivity index (χ1) is 9.70. The van der Waals surface area contributed by atoms with Crippen molar-refractivity contribution in [3.8, 4) is 0 Å². The molecule has 0 saturated carbocycles. The zero-order valence-corrected chi connectivity index (χ0v) is 12.0. The molecule has 1 aromatic rings. The number of cyclic esters (lactones) is 1. The van der Waals surface area contributed by atoms with E-state index in [0.29, 0.717) is 0 Å². The Morgan fingerprint density at radius 3 is 2.24 bits per heavy atom. The van der Waals surface area contributed by atoms with Gasteiger partial charge in [-0.15, -0.1) is 0 Å². The molecule has 1 unspecified atom stereocenters. The van der Waals surface area contributed by atoms with Crippen LogP contribution in [-0.4, -0.2) is 23.0 Å². The van der Waals surface area contributed by atoms with Crippen molar-refractivity contribution in [3.63, 3.8) is 0 Å². The van der Waals surface area contributed by atoms with E-state index in [1.54, 1.807) is 0 Å². The predicted molar refractivity (Wildman–Crippen MR) is 74.9 cm³/mol. The molecule has 112 valence electrons. The maximum Gasteiger partial charge on any atom is 0.421 e. The molecule has 1 heterocycles. The fraction of sp³-hybridized carbons (Fsp3) is 0.429. The summed E-state index contributed by atoms with van der Waals surface area (Å²) >= 11 is 0. The molecule has 2 rings (SSSR count). The number of carbonyl (C=O) groups is 2. The first-order valence-electron chi connectivity index (χ1n) is 6.48. The molecule has 2 amide bonds. The lowest BCUT2D eigenvalue weighted by Crippen LogP contribution is -2.50. The first-order valence-corrected chi connectivity index (χ1v) is 6.48. The molecule has 7 heteroatoms. The fourth-order valence-electron chi connectivity index (χ4n) is 2.02. The van der Waals surface area contributed by atoms with Gasteiger partial charge in [-0.05, 0) is 17.5 Å². The summed E-state index contributed by atoms with van der Waals surface area (Å²) in [6.07, 6.45) is -1.14. The quantitative estimate of drug-likeness (QED) is 0.617. The maximum atomic E-state index is 12.2. The van der Waals surface area contributed by atoms with Crippen LogP contribution in [0.3, 0.4) is 0 Å². The van der Waals surface area contributed by atoms with Gasteiger partial charge >= 0.3 is 6.09 Å². The molecule has 0 aromatic heterocycles. The zero-order chi connectivity index (χ0) is 15.8. The van der Waals surface area contributed by atoms with Crippen molar-refractivity contribution in [2.24, 2.45) is 5.41 Å². The summed E-state index contributed by atoms with van der Waals surface area (Å²) in [7, 11) is 0. The minimum Gasteiger partial charge on any atom is -0.444 e. The molecule has 1 aliphatic rings. The Hall–Kier alpha value is -2.44. The Morgan fingerprint density at radius 1 is 1.24 bits per heavy atom. The molecule has 1 aliphatic heterocycles. The van der Waals surface area contributed by atoms with E-state index in [-0.39, 0.29) is 29.1 Å². The second-order valence-corrected chi connectivity index (χ2v) is 5.95. The van der Waals surface area contributed by atoms with Gasteiger partial charge in [-0.2, -0.15) is 0 Å². The van der Waals surface area contributed by atoms with E-state index in [0.717, 1.165) is 4.90 Å². The number of non-ortho nitro benzene ring substituents is 1. The number of rotatable bonds is 2. The third-order valence-corrected chi connectivity index (χ3v) is 3.32. The van der Waals surface area contributed by atoms with Crippen LogP contribution in [0.5, 0.6) is 0 Å². The van der Waals surface area contributed by atoms with E-state index in [2.05, 4.69) is 0 Å². The van der Waals surface area contributed by atoms with Crippen molar-refractivity contribution in [2.45, 2.75) is 33.3 Å². The van der Waals surface area contributed by atoms with Gasteiger partial charge < -0.3 is 4.74 Å². The summed E-state index contributed by atoms with van der Waals surface area (Å²) in [5, 5.41) is 10.6. The number of carbonyl (C=O) groups excluding carboxylic acids is 2. The Labute approximate surface area is 121 Å². The van der Waals surface area contributed by atoms with E-state index in [9.17, 15) is 19.7 Å². The molecule has 1 saturated heterocycles. The summed E-state index contributed by atoms with van der Waals surface area (Å²) in [4.78, 5) is 35.2. The topological polar surface area (TPSA) is 89.8 Å². The van der Waals surface area contributed by atoms with Crippen molar-refractivity contribution >= 4 is 23.4 Å². The molecule has 21 heavy (non-hydrogen) atoms. The highest BCUT2D eigenvalue weighted by Gasteiger charge is 2.40. The van der Waals surface area contributed by atoms with Crippen LogP contribution in [0.25, 0.3) is 0 Å². The van der Waals surface area contributed by atoms with Crippen LogP contribution in [0.1, 0.15) is 27.2 Å². The number of hydrogen-bond acceptors (Lipinski definition) is 5. The van der Waals surface area contributed by atoms with E-state index >= 15 is 0 Å². The van der Waals surface area contributed by atoms with Gasteiger partial charge in [-0.1, -0.05) is 20.8 Å². The monoisotopic (exact) mass is 292 g/mol. The third-order valence-electron chi connectivity index (χ3n) is 3.32. The highest BCUT2D eigenvalue weighted by molar-refractivity contribution is 6.13. The number of hydrogen-bond donors (Lipinski definition) is 0. The van der Waals surface area contributed by atoms with Crippen molar-refractivity contribution < 1.29 is 19.2 Å². The van der Waals surface area contributed by atoms with Crippen LogP contribution in [0, 0.1) is 15.5 Å². The Balaban J connectivity index is 2.23. The van der Waals surface area contributed by atoms with Gasteiger partial charge in [0.1, 0.15) is 6.10 Å². The van der Waals surface area contributed by atoms with Gasteiger partial charge in [0.25, 0.3) is 5.69 Å². The number of nitrogens with zero attached hydrogens (tertiary/aromatic N) is 2. The number of benzene rings is 1. The van der Waals surface area contributed by atoms with E-state index in [1.165, 1.54) is 24.3 Å². The second kappa shape index (κ2) is 5.16. The summed E-state index contributed by atoms with van der Waals surface area (Å²) < 4.78 is 5.30. The number of nitro benzene ring substituents is 1. The van der Waals surface area contributed by atoms with Crippen LogP contribution >= 0.6 is 0 Å². The number of imide groups is 1. The molecular formula is C14H16N2O5. The smallest absolute Gasteiger partial charge is 0.421 e. The van der Waals surface area contributed by atoms with Crippen molar-refractivity contribution in [3.05, 3.63) is 34.4 Å². The van der Waals surface area contributed by atoms with Crippen molar-refractivity contribution in [1.29, 1.82) is 0 Å². The molecular weight excluding hydrogens is 276 g/mol. The van der Waals surface area contributed by atoms with Gasteiger partial charge in [-0.25, -0.2) is 9.69 Å². The second-order valence-electron chi connectivity index (χ2n) is 5.95. The zero-order valence-electron chi connectivity index (χ0n) is 12.0. The average Bonchev–Trinajstić information content (AvgIpc) is 2.37. The highest BCUT2D eigenvalue weighted by Crippen LogP contribution is 2.31. The summed E-state index contributed by atoms with van der Waals surface area (Å²) in [5.74, 6) is -0.375. The first kappa shape index (κ1) is 15.0. The number of nitro groups is 1. The van der Waals surface area contributed by atoms with E-state index in [1.807, 2.05) is 20.8 Å². The number of ether oxygens (including phenoxy) is 1. The van der Waals surface area contributed by atoms with Crippen LogP contribution < -0.4 is 4.90 Å². The molecule has 1 aromatic carbocycles. The molecule has 0 aliphatic carbocycles. The van der Waals surface area contributed by atoms with E-state index in [4.69, 9.17) is 4.74 Å². The normalized spacial score (nSPS) is 19.4. The minimum absolute atomic E-state index is 0.0895. The predicted octanol–water partition coefficient (Wildman–Crippen LogP) is 2.88. The fourth-order valence-corrected chi connectivity index (χ4v) is 2.02. The molecule has 0 spiro atoms. The van der Waals surface area contributed by atoms with Gasteiger partial charge in [0.15, 0.2) is 0 Å². The molecule has 0 N–H and O–H groups in total. The molecule has 0 bridgehead atoms. The Morgan fingerprint density at radius 2 is 1.81 bits per heavy atom. The SMILES string of the molecule is CC(C)(C)C1CC(=O)N(c2ccc([N+](=O)[O-])cc2)C(=O)O1. The number of anilines is 1. The van der Waals surface area contributed by atoms with Crippen LogP contribution in [0.15, 0.2) is 24.3 Å². The van der Waals surface area contributed by atoms with Crippen LogP contribution in [0.2, 0.25) is 0 Å². The standard InChI is InChI=1S/C14H16N2O5/c1-14(2,3)11-8-12(17)15(13(18)21-11)9-4-6-10(7-5-9)16(19)20/h4-7,11H,8H2,1-3H3. The lowest BCUT2D eigenvalue weighted by Gasteiger charge is -2.36. The third kappa shape index (κ3) is 3.01. The van der Waals surface area contributed by atoms with Crippen LogP contribution in [-0.2, 0) is 9.53 Å². The average molecular weight is 292 g/mol. The van der Waals surface area contributed by atoms with Crippen molar-refractivity contribution in [1.82, 2.24) is 0 Å². The molecule has 7 nitrogen and oxygen atoms in total. The Kier molecular flexibility index (Phi) is 3.67. The molecule has 1 fully saturated rings. The lowest BCUT2D eigenvalue weighted by molar-refractivity contribution is -0.384. The van der Waals surface area contributed by atoms with E-state index < -0.39 is 17.1 Å². The van der Waals surface area contributed by atoms with Gasteiger partial charge in [-0.3, -0.25) is 14.9 Å². The Bertz CT molecular complexity index is 570. The van der Waals surface area contributed by atoms with Gasteiger partial charge in [0, 0.05) is 12.1 Å². The largest absolute Gasteiger partial charge is 0.444 e. The highest BCUT2D eigenvalue weighted by atomic mass is 16.6. The summed E-state index contributed by atoms with van der Waals surface area (Å²) in [6, 6.07) is 5.20. The lowest BCUT2D eigenvalue weighted by atomic mass is 9.86. The summed E-state index contributed by atoms with van der Waals surface area (Å²) in [6.45, 7) is 5.67.